The Morgan fingerprint density at radius 3 is 3.14 bits per heavy atom. The lowest BCUT2D eigenvalue weighted by molar-refractivity contribution is 0.0679. The number of likely N-dealkylation sites (tertiary alicyclic amines) is 1. The van der Waals surface area contributed by atoms with E-state index >= 15 is 0 Å². The van der Waals surface area contributed by atoms with Gasteiger partial charge in [0.15, 0.2) is 0 Å². The summed E-state index contributed by atoms with van der Waals surface area (Å²) >= 11 is 6.05. The van der Waals surface area contributed by atoms with Gasteiger partial charge in [-0.1, -0.05) is 11.6 Å². The van der Waals surface area contributed by atoms with E-state index in [1.54, 1.807) is 0 Å². The molecule has 1 aromatic carbocycles. The number of H-pyrrole nitrogens is 1. The van der Waals surface area contributed by atoms with Gasteiger partial charge in [-0.3, -0.25) is 4.90 Å². The van der Waals surface area contributed by atoms with Gasteiger partial charge >= 0.3 is 0 Å². The molecule has 5 heteroatoms. The Hall–Kier alpha value is -1.10. The largest absolute Gasteiger partial charge is 0.377 e. The van der Waals surface area contributed by atoms with Crippen LogP contribution in [0.4, 0.5) is 0 Å². The molecular weight excluding hydrogens is 286 g/mol. The number of hydrogen-bond acceptors (Lipinski definition) is 3. The van der Waals surface area contributed by atoms with Crippen LogP contribution >= 0.6 is 11.6 Å². The first-order chi connectivity index (χ1) is 10.3. The lowest BCUT2D eigenvalue weighted by Crippen LogP contribution is -2.32. The molecule has 2 fully saturated rings. The number of rotatable bonds is 3. The lowest BCUT2D eigenvalue weighted by atomic mass is 10.2. The zero-order valence-electron chi connectivity index (χ0n) is 12.0. The smallest absolute Gasteiger partial charge is 0.124 e. The van der Waals surface area contributed by atoms with Crippen LogP contribution < -0.4 is 0 Å². The van der Waals surface area contributed by atoms with Crippen LogP contribution in [-0.4, -0.2) is 40.7 Å². The molecule has 2 aliphatic heterocycles. The van der Waals surface area contributed by atoms with Gasteiger partial charge < -0.3 is 9.72 Å². The Labute approximate surface area is 129 Å². The number of ether oxygens (including phenoxy) is 1. The molecule has 2 aromatic rings. The molecular formula is C16H20ClN3O. The van der Waals surface area contributed by atoms with Crippen molar-refractivity contribution in [2.45, 2.75) is 37.8 Å². The molecule has 0 aliphatic carbocycles. The normalized spacial score (nSPS) is 26.9. The van der Waals surface area contributed by atoms with Crippen molar-refractivity contribution in [3.8, 4) is 0 Å². The van der Waals surface area contributed by atoms with Gasteiger partial charge in [-0.25, -0.2) is 4.98 Å². The predicted molar refractivity (Wildman–Crippen MR) is 83.6 cm³/mol. The van der Waals surface area contributed by atoms with Gasteiger partial charge in [0.2, 0.25) is 0 Å². The third-order valence-electron chi connectivity index (χ3n) is 4.60. The number of imidazole rings is 1. The summed E-state index contributed by atoms with van der Waals surface area (Å²) in [5, 5.41) is 0.750. The second-order valence-electron chi connectivity index (χ2n) is 6.07. The first-order valence-corrected chi connectivity index (χ1v) is 8.18. The Bertz CT molecular complexity index is 635. The minimum atomic E-state index is 0.389. The maximum absolute atomic E-state index is 6.05. The average molecular weight is 306 g/mol. The van der Waals surface area contributed by atoms with Gasteiger partial charge in [0, 0.05) is 18.2 Å². The molecule has 0 radical (unpaired) electrons. The van der Waals surface area contributed by atoms with E-state index in [0.29, 0.717) is 12.1 Å². The molecule has 21 heavy (non-hydrogen) atoms. The highest BCUT2D eigenvalue weighted by molar-refractivity contribution is 6.31. The Balaban J connectivity index is 1.57. The third kappa shape index (κ3) is 2.68. The second-order valence-corrected chi connectivity index (χ2v) is 6.51. The van der Waals surface area contributed by atoms with Gasteiger partial charge in [0.1, 0.15) is 5.82 Å². The van der Waals surface area contributed by atoms with E-state index in [1.165, 1.54) is 25.7 Å². The number of nitrogens with zero attached hydrogens (tertiary/aromatic N) is 2. The van der Waals surface area contributed by atoms with Gasteiger partial charge in [0.05, 0.1) is 23.2 Å². The van der Waals surface area contributed by atoms with Gasteiger partial charge in [-0.05, 0) is 50.4 Å². The molecule has 4 nitrogen and oxygen atoms in total. The molecule has 1 N–H and O–H groups in total. The minimum Gasteiger partial charge on any atom is -0.377 e. The maximum atomic E-state index is 6.05. The van der Waals surface area contributed by atoms with E-state index in [1.807, 2.05) is 18.2 Å². The summed E-state index contributed by atoms with van der Waals surface area (Å²) in [7, 11) is 0. The molecule has 1 aromatic heterocycles. The highest BCUT2D eigenvalue weighted by Crippen LogP contribution is 2.32. The van der Waals surface area contributed by atoms with Crippen LogP contribution in [0, 0.1) is 0 Å². The van der Waals surface area contributed by atoms with Crippen molar-refractivity contribution < 1.29 is 4.74 Å². The number of aromatic nitrogens is 2. The van der Waals surface area contributed by atoms with Crippen molar-refractivity contribution in [1.82, 2.24) is 14.9 Å². The first kappa shape index (κ1) is 13.6. The van der Waals surface area contributed by atoms with Crippen LogP contribution in [-0.2, 0) is 4.74 Å². The molecule has 0 saturated carbocycles. The summed E-state index contributed by atoms with van der Waals surface area (Å²) in [4.78, 5) is 10.7. The monoisotopic (exact) mass is 305 g/mol. The number of halogens is 1. The molecule has 112 valence electrons. The number of fused-ring (bicyclic) bond motifs is 1. The van der Waals surface area contributed by atoms with E-state index < -0.39 is 0 Å². The van der Waals surface area contributed by atoms with E-state index in [-0.39, 0.29) is 0 Å². The molecule has 3 heterocycles. The highest BCUT2D eigenvalue weighted by atomic mass is 35.5. The van der Waals surface area contributed by atoms with E-state index in [4.69, 9.17) is 21.3 Å². The number of aromatic amines is 1. The van der Waals surface area contributed by atoms with Crippen molar-refractivity contribution in [3.05, 3.63) is 29.0 Å². The van der Waals surface area contributed by atoms with Crippen molar-refractivity contribution in [2.75, 3.05) is 19.7 Å². The maximum Gasteiger partial charge on any atom is 0.124 e. The van der Waals surface area contributed by atoms with Gasteiger partial charge in [0.25, 0.3) is 0 Å². The first-order valence-electron chi connectivity index (χ1n) is 7.80. The van der Waals surface area contributed by atoms with Crippen molar-refractivity contribution in [3.63, 3.8) is 0 Å². The molecule has 2 saturated heterocycles. The number of nitrogens with one attached hydrogen (secondary N) is 1. The summed E-state index contributed by atoms with van der Waals surface area (Å²) in [5.74, 6) is 1.07. The fourth-order valence-corrected chi connectivity index (χ4v) is 3.74. The summed E-state index contributed by atoms with van der Waals surface area (Å²) in [6, 6.07) is 6.22. The van der Waals surface area contributed by atoms with Crippen molar-refractivity contribution in [1.29, 1.82) is 0 Å². The molecule has 2 atom stereocenters. The summed E-state index contributed by atoms with van der Waals surface area (Å²) in [6.45, 7) is 3.09. The van der Waals surface area contributed by atoms with Crippen LogP contribution in [0.15, 0.2) is 18.2 Å². The number of hydrogen-bond donors (Lipinski definition) is 1. The van der Waals surface area contributed by atoms with Crippen LogP contribution in [0.2, 0.25) is 5.02 Å². The molecule has 4 rings (SSSR count). The van der Waals surface area contributed by atoms with E-state index in [2.05, 4.69) is 9.88 Å². The Morgan fingerprint density at radius 1 is 1.33 bits per heavy atom. The average Bonchev–Trinajstić information content (AvgIpc) is 3.18. The van der Waals surface area contributed by atoms with Crippen LogP contribution in [0.1, 0.15) is 37.5 Å². The number of benzene rings is 1. The molecule has 0 amide bonds. The van der Waals surface area contributed by atoms with Crippen molar-refractivity contribution in [2.24, 2.45) is 0 Å². The van der Waals surface area contributed by atoms with Gasteiger partial charge in [-0.2, -0.15) is 0 Å². The molecule has 0 spiro atoms. The van der Waals surface area contributed by atoms with Crippen LogP contribution in [0.5, 0.6) is 0 Å². The topological polar surface area (TPSA) is 41.2 Å². The molecule has 0 unspecified atom stereocenters. The molecule has 0 bridgehead atoms. The van der Waals surface area contributed by atoms with E-state index in [0.717, 1.165) is 41.6 Å². The van der Waals surface area contributed by atoms with Crippen LogP contribution in [0.3, 0.4) is 0 Å². The second kappa shape index (κ2) is 5.59. The highest BCUT2D eigenvalue weighted by Gasteiger charge is 2.31. The third-order valence-corrected chi connectivity index (χ3v) is 4.84. The van der Waals surface area contributed by atoms with Crippen LogP contribution in [0.25, 0.3) is 11.0 Å². The standard InChI is InChI=1S/C16H20ClN3O/c17-11-5-6-13-14(9-11)19-16(18-13)15-4-1-7-20(15)10-12-3-2-8-21-12/h5-6,9,12,15H,1-4,7-8,10H2,(H,18,19)/t12-,15-/m0/s1. The summed E-state index contributed by atoms with van der Waals surface area (Å²) in [6.07, 6.45) is 5.20. The Kier molecular flexibility index (Phi) is 3.61. The minimum absolute atomic E-state index is 0.389. The Morgan fingerprint density at radius 2 is 2.29 bits per heavy atom. The lowest BCUT2D eigenvalue weighted by Gasteiger charge is -2.25. The zero-order chi connectivity index (χ0) is 14.2. The fourth-order valence-electron chi connectivity index (χ4n) is 3.56. The quantitative estimate of drug-likeness (QED) is 0.943. The zero-order valence-corrected chi connectivity index (χ0v) is 12.8. The predicted octanol–water partition coefficient (Wildman–Crippen LogP) is 3.53. The van der Waals surface area contributed by atoms with Gasteiger partial charge in [-0.15, -0.1) is 0 Å². The van der Waals surface area contributed by atoms with E-state index in [9.17, 15) is 0 Å². The SMILES string of the molecule is Clc1ccc2nc([C@@H]3CCCN3C[C@@H]3CCCO3)[nH]c2c1. The molecule has 2 aliphatic rings. The fraction of sp³-hybridized carbons (Fsp3) is 0.562. The summed E-state index contributed by atoms with van der Waals surface area (Å²) < 4.78 is 5.78. The summed E-state index contributed by atoms with van der Waals surface area (Å²) in [5.41, 5.74) is 2.03. The van der Waals surface area contributed by atoms with Crippen molar-refractivity contribution >= 4 is 22.6 Å².